The maximum Gasteiger partial charge on any atom is 0.328 e. The van der Waals surface area contributed by atoms with Gasteiger partial charge in [0.05, 0.1) is 17.5 Å². The van der Waals surface area contributed by atoms with Crippen LogP contribution in [0.1, 0.15) is 23.5 Å². The first-order valence-corrected chi connectivity index (χ1v) is 8.32. The minimum atomic E-state index is -0.289. The molecule has 2 aliphatic heterocycles. The lowest BCUT2D eigenvalue weighted by Crippen LogP contribution is -2.21. The third-order valence-corrected chi connectivity index (χ3v) is 5.17. The number of esters is 1. The molecule has 0 N–H and O–H groups in total. The van der Waals surface area contributed by atoms with E-state index >= 15 is 0 Å². The molecule has 0 unspecified atom stereocenters. The Bertz CT molecular complexity index is 1140. The molecular weight excluding hydrogens is 336 g/mol. The Hall–Kier alpha value is -3.22. The van der Waals surface area contributed by atoms with Gasteiger partial charge in [0.15, 0.2) is 11.5 Å². The Morgan fingerprint density at radius 1 is 0.923 bits per heavy atom. The molecule has 1 atom stereocenters. The van der Waals surface area contributed by atoms with Crippen LogP contribution in [-0.4, -0.2) is 21.9 Å². The molecule has 2 aromatic carbocycles. The van der Waals surface area contributed by atoms with Gasteiger partial charge in [-0.15, -0.1) is 0 Å². The fourth-order valence-electron chi connectivity index (χ4n) is 3.78. The lowest BCUT2D eigenvalue weighted by atomic mass is 9.86. The van der Waals surface area contributed by atoms with Gasteiger partial charge in [0.25, 0.3) is 0 Å². The highest BCUT2D eigenvalue weighted by molar-refractivity contribution is 5.81. The maximum atomic E-state index is 12.2. The van der Waals surface area contributed by atoms with E-state index in [9.17, 15) is 9.59 Å². The molecule has 0 spiro atoms. The summed E-state index contributed by atoms with van der Waals surface area (Å²) in [5, 5.41) is 0. The predicted octanol–water partition coefficient (Wildman–Crippen LogP) is 2.05. The molecule has 1 aromatic heterocycles. The van der Waals surface area contributed by atoms with Crippen molar-refractivity contribution in [2.75, 3.05) is 6.79 Å². The number of imidazole rings is 1. The van der Waals surface area contributed by atoms with Crippen molar-refractivity contribution in [3.8, 4) is 17.2 Å². The van der Waals surface area contributed by atoms with Gasteiger partial charge in [0.2, 0.25) is 6.79 Å². The molecule has 0 saturated heterocycles. The van der Waals surface area contributed by atoms with Crippen LogP contribution in [0.15, 0.2) is 35.1 Å². The number of nitrogens with zero attached hydrogens (tertiary/aromatic N) is 2. The van der Waals surface area contributed by atoms with Gasteiger partial charge >= 0.3 is 11.7 Å². The summed E-state index contributed by atoms with van der Waals surface area (Å²) in [6.45, 7) is 0.162. The molecule has 7 nitrogen and oxygen atoms in total. The Morgan fingerprint density at radius 2 is 1.65 bits per heavy atom. The number of benzene rings is 2. The first-order chi connectivity index (χ1) is 12.5. The van der Waals surface area contributed by atoms with E-state index in [-0.39, 0.29) is 30.8 Å². The lowest BCUT2D eigenvalue weighted by Gasteiger charge is -2.25. The van der Waals surface area contributed by atoms with Gasteiger partial charge in [-0.25, -0.2) is 4.79 Å². The summed E-state index contributed by atoms with van der Waals surface area (Å²) < 4.78 is 19.5. The van der Waals surface area contributed by atoms with Crippen LogP contribution in [0.25, 0.3) is 11.0 Å². The summed E-state index contributed by atoms with van der Waals surface area (Å²) in [7, 11) is 3.49. The van der Waals surface area contributed by atoms with Crippen LogP contribution in [0.3, 0.4) is 0 Å². The van der Waals surface area contributed by atoms with Crippen molar-refractivity contribution in [1.29, 1.82) is 0 Å². The van der Waals surface area contributed by atoms with Gasteiger partial charge < -0.3 is 14.2 Å². The SMILES string of the molecule is Cn1c(=O)n(C)c2cc([C@H]3CC(=O)Oc4cc5c(cc43)OCO5)ccc21. The molecule has 0 amide bonds. The molecule has 5 rings (SSSR count). The quantitative estimate of drug-likeness (QED) is 0.495. The van der Waals surface area contributed by atoms with E-state index < -0.39 is 0 Å². The first-order valence-electron chi connectivity index (χ1n) is 8.32. The van der Waals surface area contributed by atoms with Gasteiger partial charge in [-0.2, -0.15) is 0 Å². The van der Waals surface area contributed by atoms with Gasteiger partial charge in [-0.3, -0.25) is 13.9 Å². The third-order valence-electron chi connectivity index (χ3n) is 5.17. The number of fused-ring (bicyclic) bond motifs is 3. The molecule has 0 fully saturated rings. The number of ether oxygens (including phenoxy) is 3. The topological polar surface area (TPSA) is 71.7 Å². The molecular formula is C19H16N2O5. The summed E-state index contributed by atoms with van der Waals surface area (Å²) in [6, 6.07) is 9.42. The van der Waals surface area contributed by atoms with Gasteiger partial charge in [0.1, 0.15) is 5.75 Å². The molecule has 0 saturated carbocycles. The zero-order chi connectivity index (χ0) is 18.0. The number of carbonyl (C=O) groups excluding carboxylic acids is 1. The fourth-order valence-corrected chi connectivity index (χ4v) is 3.78. The highest BCUT2D eigenvalue weighted by atomic mass is 16.7. The minimum absolute atomic E-state index is 0.0797. The molecule has 26 heavy (non-hydrogen) atoms. The van der Waals surface area contributed by atoms with Crippen LogP contribution in [0.2, 0.25) is 0 Å². The van der Waals surface area contributed by atoms with Crippen LogP contribution in [-0.2, 0) is 18.9 Å². The summed E-state index contributed by atoms with van der Waals surface area (Å²) >= 11 is 0. The molecule has 3 heterocycles. The number of rotatable bonds is 1. The fraction of sp³-hybridized carbons (Fsp3) is 0.263. The highest BCUT2D eigenvalue weighted by Gasteiger charge is 2.32. The van der Waals surface area contributed by atoms with E-state index in [1.807, 2.05) is 24.3 Å². The second-order valence-corrected chi connectivity index (χ2v) is 6.62. The average Bonchev–Trinajstić information content (AvgIpc) is 3.18. The van der Waals surface area contributed by atoms with Crippen molar-refractivity contribution < 1.29 is 19.0 Å². The van der Waals surface area contributed by atoms with Gasteiger partial charge in [0, 0.05) is 31.6 Å². The normalized spacial score (nSPS) is 18.1. The van der Waals surface area contributed by atoms with E-state index in [1.165, 1.54) is 0 Å². The number of aromatic nitrogens is 2. The standard InChI is InChI=1S/C19H16N2O5/c1-20-13-4-3-10(5-14(13)21(2)19(20)23)11-7-18(22)26-15-8-17-16(6-12(11)15)24-9-25-17/h3-6,8,11H,7,9H2,1-2H3/t11-/m1/s1. The third kappa shape index (κ3) is 2.00. The van der Waals surface area contributed by atoms with E-state index in [0.29, 0.717) is 17.2 Å². The van der Waals surface area contributed by atoms with E-state index in [1.54, 1.807) is 29.3 Å². The molecule has 7 heteroatoms. The molecule has 0 bridgehead atoms. The molecule has 3 aromatic rings. The van der Waals surface area contributed by atoms with Crippen molar-refractivity contribution in [1.82, 2.24) is 9.13 Å². The monoisotopic (exact) mass is 352 g/mol. The Kier molecular flexibility index (Phi) is 2.98. The number of hydrogen-bond donors (Lipinski definition) is 0. The molecule has 0 aliphatic carbocycles. The van der Waals surface area contributed by atoms with E-state index in [2.05, 4.69) is 0 Å². The van der Waals surface area contributed by atoms with E-state index in [4.69, 9.17) is 14.2 Å². The zero-order valence-electron chi connectivity index (χ0n) is 14.3. The predicted molar refractivity (Wildman–Crippen MR) is 92.8 cm³/mol. The van der Waals surface area contributed by atoms with Crippen molar-refractivity contribution in [2.45, 2.75) is 12.3 Å². The summed E-state index contributed by atoms with van der Waals surface area (Å²) in [5.41, 5.74) is 3.44. The summed E-state index contributed by atoms with van der Waals surface area (Å²) in [6.07, 6.45) is 0.235. The highest BCUT2D eigenvalue weighted by Crippen LogP contribution is 2.46. The largest absolute Gasteiger partial charge is 0.454 e. The van der Waals surface area contributed by atoms with Crippen LogP contribution < -0.4 is 19.9 Å². The van der Waals surface area contributed by atoms with Crippen LogP contribution in [0.5, 0.6) is 17.2 Å². The smallest absolute Gasteiger partial charge is 0.328 e. The zero-order valence-corrected chi connectivity index (χ0v) is 14.3. The van der Waals surface area contributed by atoms with Crippen LogP contribution in [0.4, 0.5) is 0 Å². The Balaban J connectivity index is 1.69. The first kappa shape index (κ1) is 15.1. The van der Waals surface area contributed by atoms with E-state index in [0.717, 1.165) is 22.2 Å². The van der Waals surface area contributed by atoms with Crippen molar-refractivity contribution in [3.05, 3.63) is 51.9 Å². The number of hydrogen-bond acceptors (Lipinski definition) is 5. The van der Waals surface area contributed by atoms with Gasteiger partial charge in [-0.1, -0.05) is 6.07 Å². The van der Waals surface area contributed by atoms with Crippen LogP contribution in [0, 0.1) is 0 Å². The number of aryl methyl sites for hydroxylation is 2. The van der Waals surface area contributed by atoms with Gasteiger partial charge in [-0.05, 0) is 23.8 Å². The molecule has 0 radical (unpaired) electrons. The summed E-state index contributed by atoms with van der Waals surface area (Å²) in [4.78, 5) is 24.3. The second kappa shape index (κ2) is 5.14. The molecule has 2 aliphatic rings. The van der Waals surface area contributed by atoms with Crippen molar-refractivity contribution in [3.63, 3.8) is 0 Å². The lowest BCUT2D eigenvalue weighted by molar-refractivity contribution is -0.135. The average molecular weight is 352 g/mol. The number of carbonyl (C=O) groups is 1. The van der Waals surface area contributed by atoms with Crippen molar-refractivity contribution >= 4 is 17.0 Å². The molecule has 132 valence electrons. The minimum Gasteiger partial charge on any atom is -0.454 e. The second-order valence-electron chi connectivity index (χ2n) is 6.62. The van der Waals surface area contributed by atoms with Crippen molar-refractivity contribution in [2.24, 2.45) is 14.1 Å². The summed E-state index contributed by atoms with van der Waals surface area (Å²) in [5.74, 6) is 1.28. The maximum absolute atomic E-state index is 12.2. The Labute approximate surface area is 148 Å². The Morgan fingerprint density at radius 3 is 2.46 bits per heavy atom. The van der Waals surface area contributed by atoms with Crippen LogP contribution >= 0.6 is 0 Å².